The Morgan fingerprint density at radius 1 is 1.16 bits per heavy atom. The summed E-state index contributed by atoms with van der Waals surface area (Å²) in [5.74, 6) is -0.639. The number of methoxy groups -OCH3 is 1. The standard InChI is InChI=1S/C15H17F5N2O3/c1-24-12-8-10(2-3-11(12)25-14(16)17)13(23)22-6-4-21(5-7-22)9-15(18,19)20/h2-3,8,14H,4-7,9H2,1H3. The first kappa shape index (κ1) is 19.2. The highest BCUT2D eigenvalue weighted by Crippen LogP contribution is 2.30. The largest absolute Gasteiger partial charge is 0.493 e. The summed E-state index contributed by atoms with van der Waals surface area (Å²) in [6.07, 6.45) is -4.28. The van der Waals surface area contributed by atoms with Crippen molar-refractivity contribution in [2.24, 2.45) is 0 Å². The van der Waals surface area contributed by atoms with E-state index in [1.54, 1.807) is 0 Å². The van der Waals surface area contributed by atoms with Crippen LogP contribution < -0.4 is 9.47 Å². The normalized spacial score (nSPS) is 16.2. The monoisotopic (exact) mass is 368 g/mol. The summed E-state index contributed by atoms with van der Waals surface area (Å²) < 4.78 is 70.9. The number of benzene rings is 1. The number of piperazine rings is 1. The van der Waals surface area contributed by atoms with E-state index in [0.29, 0.717) is 0 Å². The van der Waals surface area contributed by atoms with Gasteiger partial charge in [-0.3, -0.25) is 9.69 Å². The van der Waals surface area contributed by atoms with Gasteiger partial charge in [0.25, 0.3) is 5.91 Å². The summed E-state index contributed by atoms with van der Waals surface area (Å²) in [6.45, 7) is -3.54. The molecule has 0 saturated carbocycles. The van der Waals surface area contributed by atoms with Crippen molar-refractivity contribution in [2.45, 2.75) is 12.8 Å². The minimum atomic E-state index is -4.28. The molecule has 1 aromatic rings. The van der Waals surface area contributed by atoms with Gasteiger partial charge in [0.1, 0.15) is 0 Å². The molecule has 25 heavy (non-hydrogen) atoms. The van der Waals surface area contributed by atoms with Crippen LogP contribution in [-0.2, 0) is 0 Å². The second kappa shape index (κ2) is 7.85. The van der Waals surface area contributed by atoms with Crippen molar-refractivity contribution in [3.63, 3.8) is 0 Å². The van der Waals surface area contributed by atoms with E-state index in [1.165, 1.54) is 35.1 Å². The number of rotatable bonds is 5. The fraction of sp³-hybridized carbons (Fsp3) is 0.533. The molecule has 0 radical (unpaired) electrons. The minimum Gasteiger partial charge on any atom is -0.493 e. The van der Waals surface area contributed by atoms with Crippen LogP contribution in [0.3, 0.4) is 0 Å². The van der Waals surface area contributed by atoms with E-state index in [2.05, 4.69) is 4.74 Å². The Morgan fingerprint density at radius 3 is 2.32 bits per heavy atom. The maximum Gasteiger partial charge on any atom is 0.401 e. The topological polar surface area (TPSA) is 42.0 Å². The van der Waals surface area contributed by atoms with Crippen LogP contribution in [0.1, 0.15) is 10.4 Å². The van der Waals surface area contributed by atoms with E-state index in [4.69, 9.17) is 4.74 Å². The molecule has 0 aliphatic carbocycles. The number of halogens is 5. The smallest absolute Gasteiger partial charge is 0.401 e. The van der Waals surface area contributed by atoms with E-state index < -0.39 is 25.2 Å². The van der Waals surface area contributed by atoms with Gasteiger partial charge >= 0.3 is 12.8 Å². The minimum absolute atomic E-state index is 0.0261. The Morgan fingerprint density at radius 2 is 1.80 bits per heavy atom. The molecule has 2 rings (SSSR count). The first-order valence-electron chi connectivity index (χ1n) is 7.41. The molecule has 0 atom stereocenters. The van der Waals surface area contributed by atoms with Crippen molar-refractivity contribution >= 4 is 5.91 Å². The second-order valence-electron chi connectivity index (χ2n) is 5.43. The van der Waals surface area contributed by atoms with Crippen LogP contribution in [-0.4, -0.2) is 68.3 Å². The third kappa shape index (κ3) is 5.45. The van der Waals surface area contributed by atoms with Gasteiger partial charge < -0.3 is 14.4 Å². The van der Waals surface area contributed by atoms with Gasteiger partial charge in [-0.05, 0) is 18.2 Å². The van der Waals surface area contributed by atoms with Gasteiger partial charge in [-0.1, -0.05) is 0 Å². The Labute approximate surface area is 140 Å². The summed E-state index contributed by atoms with van der Waals surface area (Å²) in [6, 6.07) is 3.77. The van der Waals surface area contributed by atoms with E-state index >= 15 is 0 Å². The molecule has 0 aromatic heterocycles. The van der Waals surface area contributed by atoms with E-state index in [1.807, 2.05) is 0 Å². The molecule has 1 aliphatic heterocycles. The molecule has 1 fully saturated rings. The molecule has 1 heterocycles. The fourth-order valence-corrected chi connectivity index (χ4v) is 2.54. The van der Waals surface area contributed by atoms with Gasteiger partial charge in [-0.2, -0.15) is 22.0 Å². The highest BCUT2D eigenvalue weighted by Gasteiger charge is 2.33. The predicted molar refractivity (Wildman–Crippen MR) is 78.0 cm³/mol. The highest BCUT2D eigenvalue weighted by molar-refractivity contribution is 5.95. The summed E-state index contributed by atoms with van der Waals surface area (Å²) in [5, 5.41) is 0. The number of hydrogen-bond acceptors (Lipinski definition) is 4. The number of carbonyl (C=O) groups excluding carboxylic acids is 1. The zero-order valence-corrected chi connectivity index (χ0v) is 13.4. The summed E-state index contributed by atoms with van der Waals surface area (Å²) >= 11 is 0. The maximum atomic E-state index is 12.4. The Bertz CT molecular complexity index is 601. The molecule has 140 valence electrons. The zero-order chi connectivity index (χ0) is 18.6. The first-order chi connectivity index (χ1) is 11.7. The van der Waals surface area contributed by atoms with Crippen LogP contribution in [0.4, 0.5) is 22.0 Å². The molecule has 1 amide bonds. The van der Waals surface area contributed by atoms with Crippen molar-refractivity contribution in [2.75, 3.05) is 39.8 Å². The van der Waals surface area contributed by atoms with E-state index in [9.17, 15) is 26.7 Å². The van der Waals surface area contributed by atoms with Crippen LogP contribution >= 0.6 is 0 Å². The molecule has 1 aromatic carbocycles. The quantitative estimate of drug-likeness (QED) is 0.750. The molecule has 0 N–H and O–H groups in total. The maximum absolute atomic E-state index is 12.4. The lowest BCUT2D eigenvalue weighted by Gasteiger charge is -2.35. The number of amides is 1. The predicted octanol–water partition coefficient (Wildman–Crippen LogP) is 2.62. The van der Waals surface area contributed by atoms with Gasteiger partial charge in [-0.25, -0.2) is 0 Å². The molecule has 10 heteroatoms. The second-order valence-corrected chi connectivity index (χ2v) is 5.43. The molecule has 5 nitrogen and oxygen atoms in total. The lowest BCUT2D eigenvalue weighted by Crippen LogP contribution is -2.50. The molecular formula is C15H17F5N2O3. The number of ether oxygens (including phenoxy) is 2. The Kier molecular flexibility index (Phi) is 6.04. The summed E-state index contributed by atoms with van der Waals surface area (Å²) in [5.41, 5.74) is 0.183. The van der Waals surface area contributed by atoms with Crippen LogP contribution in [0.2, 0.25) is 0 Å². The van der Waals surface area contributed by atoms with Gasteiger partial charge in [0.05, 0.1) is 13.7 Å². The molecule has 0 spiro atoms. The van der Waals surface area contributed by atoms with Crippen LogP contribution in [0.5, 0.6) is 11.5 Å². The SMILES string of the molecule is COc1cc(C(=O)N2CCN(CC(F)(F)F)CC2)ccc1OC(F)F. The fourth-order valence-electron chi connectivity index (χ4n) is 2.54. The number of nitrogens with zero attached hydrogens (tertiary/aromatic N) is 2. The number of hydrogen-bond donors (Lipinski definition) is 0. The van der Waals surface area contributed by atoms with Gasteiger partial charge in [0.15, 0.2) is 11.5 Å². The lowest BCUT2D eigenvalue weighted by atomic mass is 10.1. The van der Waals surface area contributed by atoms with Crippen molar-refractivity contribution in [1.82, 2.24) is 9.80 Å². The zero-order valence-electron chi connectivity index (χ0n) is 13.4. The molecule has 0 bridgehead atoms. The van der Waals surface area contributed by atoms with Gasteiger partial charge in [0, 0.05) is 31.7 Å². The van der Waals surface area contributed by atoms with Gasteiger partial charge in [0.2, 0.25) is 0 Å². The van der Waals surface area contributed by atoms with E-state index in [0.717, 1.165) is 0 Å². The van der Waals surface area contributed by atoms with Gasteiger partial charge in [-0.15, -0.1) is 0 Å². The van der Waals surface area contributed by atoms with Crippen LogP contribution in [0.25, 0.3) is 0 Å². The highest BCUT2D eigenvalue weighted by atomic mass is 19.4. The third-order valence-corrected chi connectivity index (χ3v) is 3.69. The van der Waals surface area contributed by atoms with Crippen molar-refractivity contribution in [3.05, 3.63) is 23.8 Å². The molecule has 1 aliphatic rings. The van der Waals surface area contributed by atoms with Crippen LogP contribution in [0, 0.1) is 0 Å². The summed E-state index contributed by atoms with van der Waals surface area (Å²) in [7, 11) is 1.25. The van der Waals surface area contributed by atoms with Crippen LogP contribution in [0.15, 0.2) is 18.2 Å². The first-order valence-corrected chi connectivity index (χ1v) is 7.41. The van der Waals surface area contributed by atoms with Crippen molar-refractivity contribution in [3.8, 4) is 11.5 Å². The molecular weight excluding hydrogens is 351 g/mol. The average molecular weight is 368 g/mol. The van der Waals surface area contributed by atoms with Crippen molar-refractivity contribution in [1.29, 1.82) is 0 Å². The Balaban J connectivity index is 2.01. The average Bonchev–Trinajstić information content (AvgIpc) is 2.53. The lowest BCUT2D eigenvalue weighted by molar-refractivity contribution is -0.148. The Hall–Kier alpha value is -2.10. The van der Waals surface area contributed by atoms with Crippen molar-refractivity contribution < 1.29 is 36.2 Å². The van der Waals surface area contributed by atoms with E-state index in [-0.39, 0.29) is 43.2 Å². The third-order valence-electron chi connectivity index (χ3n) is 3.69. The number of carbonyl (C=O) groups is 1. The molecule has 0 unspecified atom stereocenters. The molecule has 1 saturated heterocycles. The summed E-state index contributed by atoms with van der Waals surface area (Å²) in [4.78, 5) is 15.1. The number of alkyl halides is 5.